The van der Waals surface area contributed by atoms with Crippen LogP contribution < -0.4 is 0 Å². The van der Waals surface area contributed by atoms with Gasteiger partial charge in [0.1, 0.15) is 11.3 Å². The summed E-state index contributed by atoms with van der Waals surface area (Å²) in [6.07, 6.45) is 0. The van der Waals surface area contributed by atoms with Gasteiger partial charge in [-0.1, -0.05) is 10.4 Å². The summed E-state index contributed by atoms with van der Waals surface area (Å²) in [7, 11) is 0. The van der Waals surface area contributed by atoms with E-state index in [9.17, 15) is 4.79 Å². The van der Waals surface area contributed by atoms with Crippen LogP contribution in [0.2, 0.25) is 0 Å². The monoisotopic (exact) mass is 286 g/mol. The first-order valence-corrected chi connectivity index (χ1v) is 6.50. The average molecular weight is 286 g/mol. The van der Waals surface area contributed by atoms with Crippen molar-refractivity contribution in [3.63, 3.8) is 0 Å². The van der Waals surface area contributed by atoms with Crippen molar-refractivity contribution in [2.75, 3.05) is 0 Å². The van der Waals surface area contributed by atoms with E-state index in [1.807, 2.05) is 20.8 Å². The maximum atomic E-state index is 11.1. The molecule has 0 saturated carbocycles. The van der Waals surface area contributed by atoms with Crippen molar-refractivity contribution >= 4 is 17.0 Å². The van der Waals surface area contributed by atoms with E-state index in [2.05, 4.69) is 15.5 Å². The molecule has 2 heterocycles. The van der Waals surface area contributed by atoms with Gasteiger partial charge in [-0.25, -0.2) is 9.48 Å². The number of hydrogen-bond acceptors (Lipinski definition) is 5. The first kappa shape index (κ1) is 13.3. The van der Waals surface area contributed by atoms with E-state index in [1.54, 1.807) is 16.8 Å². The Hall–Kier alpha value is -2.70. The Kier molecular flexibility index (Phi) is 2.97. The largest absolute Gasteiger partial charge is 0.478 e. The Morgan fingerprint density at radius 2 is 2.14 bits per heavy atom. The van der Waals surface area contributed by atoms with Crippen LogP contribution >= 0.6 is 0 Å². The van der Waals surface area contributed by atoms with Crippen molar-refractivity contribution in [1.82, 2.24) is 20.2 Å². The highest BCUT2D eigenvalue weighted by Gasteiger charge is 2.21. The highest BCUT2D eigenvalue weighted by Crippen LogP contribution is 2.27. The second kappa shape index (κ2) is 4.69. The quantitative estimate of drug-likeness (QED) is 0.794. The summed E-state index contributed by atoms with van der Waals surface area (Å²) >= 11 is 0. The van der Waals surface area contributed by atoms with E-state index in [1.165, 1.54) is 6.07 Å². The Morgan fingerprint density at radius 3 is 2.76 bits per heavy atom. The molecule has 1 unspecified atom stereocenters. The molecule has 0 amide bonds. The molecule has 0 aliphatic carbocycles. The molecule has 1 N–H and O–H groups in total. The molecule has 2 aromatic heterocycles. The summed E-state index contributed by atoms with van der Waals surface area (Å²) in [4.78, 5) is 11.1. The van der Waals surface area contributed by atoms with Crippen LogP contribution in [0.15, 0.2) is 22.7 Å². The molecule has 1 aromatic carbocycles. The van der Waals surface area contributed by atoms with Crippen molar-refractivity contribution in [3.8, 4) is 0 Å². The maximum absolute atomic E-state index is 11.1. The molecule has 0 aliphatic heterocycles. The second-order valence-electron chi connectivity index (χ2n) is 4.96. The standard InChI is InChI=1S/C14H14N4O3/c1-7-13(9(3)21-16-7)8(2)18-12-6-10(14(19)20)4-5-11(12)15-17-18/h4-6,8H,1-3H3,(H,19,20). The molecule has 7 nitrogen and oxygen atoms in total. The average Bonchev–Trinajstić information content (AvgIpc) is 3.01. The van der Waals surface area contributed by atoms with Gasteiger partial charge in [0.15, 0.2) is 0 Å². The van der Waals surface area contributed by atoms with Crippen molar-refractivity contribution < 1.29 is 14.4 Å². The van der Waals surface area contributed by atoms with Gasteiger partial charge in [-0.2, -0.15) is 0 Å². The number of carboxylic acid groups (broad SMARTS) is 1. The lowest BCUT2D eigenvalue weighted by molar-refractivity contribution is 0.0697. The highest BCUT2D eigenvalue weighted by molar-refractivity contribution is 5.92. The summed E-state index contributed by atoms with van der Waals surface area (Å²) in [5, 5.41) is 21.3. The van der Waals surface area contributed by atoms with Crippen LogP contribution in [0, 0.1) is 13.8 Å². The van der Waals surface area contributed by atoms with E-state index < -0.39 is 5.97 Å². The molecule has 0 bridgehead atoms. The van der Waals surface area contributed by atoms with Crippen molar-refractivity contribution in [2.24, 2.45) is 0 Å². The zero-order valence-electron chi connectivity index (χ0n) is 11.9. The zero-order valence-corrected chi connectivity index (χ0v) is 11.9. The first-order chi connectivity index (χ1) is 9.99. The molecule has 3 rings (SSSR count). The van der Waals surface area contributed by atoms with Crippen LogP contribution in [0.5, 0.6) is 0 Å². The smallest absolute Gasteiger partial charge is 0.335 e. The first-order valence-electron chi connectivity index (χ1n) is 6.50. The fourth-order valence-corrected chi connectivity index (χ4v) is 2.56. The summed E-state index contributed by atoms with van der Waals surface area (Å²) < 4.78 is 6.87. The van der Waals surface area contributed by atoms with E-state index in [-0.39, 0.29) is 11.6 Å². The van der Waals surface area contributed by atoms with Crippen molar-refractivity contribution in [1.29, 1.82) is 0 Å². The normalized spacial score (nSPS) is 12.7. The fourth-order valence-electron chi connectivity index (χ4n) is 2.56. The summed E-state index contributed by atoms with van der Waals surface area (Å²) in [6, 6.07) is 4.60. The van der Waals surface area contributed by atoms with E-state index in [0.717, 1.165) is 17.0 Å². The van der Waals surface area contributed by atoms with Crippen LogP contribution in [-0.2, 0) is 0 Å². The third-order valence-corrected chi connectivity index (χ3v) is 3.59. The van der Waals surface area contributed by atoms with E-state index in [4.69, 9.17) is 9.63 Å². The maximum Gasteiger partial charge on any atom is 0.335 e. The zero-order chi connectivity index (χ0) is 15.1. The van der Waals surface area contributed by atoms with Gasteiger partial charge >= 0.3 is 5.97 Å². The number of carbonyl (C=O) groups is 1. The van der Waals surface area contributed by atoms with Gasteiger partial charge < -0.3 is 9.63 Å². The summed E-state index contributed by atoms with van der Waals surface area (Å²) in [5.41, 5.74) is 3.25. The summed E-state index contributed by atoms with van der Waals surface area (Å²) in [6.45, 7) is 5.66. The minimum atomic E-state index is -0.977. The van der Waals surface area contributed by atoms with Gasteiger partial charge in [-0.05, 0) is 39.0 Å². The number of aromatic carboxylic acids is 1. The topological polar surface area (TPSA) is 94.0 Å². The molecule has 0 aliphatic rings. The molecule has 3 aromatic rings. The minimum absolute atomic E-state index is 0.148. The van der Waals surface area contributed by atoms with Crippen LogP contribution in [0.3, 0.4) is 0 Å². The van der Waals surface area contributed by atoms with Gasteiger partial charge in [-0.3, -0.25) is 0 Å². The Balaban J connectivity index is 2.16. The van der Waals surface area contributed by atoms with Crippen molar-refractivity contribution in [3.05, 3.63) is 40.8 Å². The fraction of sp³-hybridized carbons (Fsp3) is 0.286. The predicted molar refractivity (Wildman–Crippen MR) is 74.3 cm³/mol. The van der Waals surface area contributed by atoms with Gasteiger partial charge in [-0.15, -0.1) is 5.10 Å². The Labute approximate surface area is 120 Å². The van der Waals surface area contributed by atoms with Gasteiger partial charge in [0.2, 0.25) is 0 Å². The van der Waals surface area contributed by atoms with Gasteiger partial charge in [0, 0.05) is 5.56 Å². The summed E-state index contributed by atoms with van der Waals surface area (Å²) in [5.74, 6) is -0.257. The molecule has 0 fully saturated rings. The minimum Gasteiger partial charge on any atom is -0.478 e. The lowest BCUT2D eigenvalue weighted by atomic mass is 10.1. The lowest BCUT2D eigenvalue weighted by Crippen LogP contribution is -2.10. The molecular weight excluding hydrogens is 272 g/mol. The lowest BCUT2D eigenvalue weighted by Gasteiger charge is -2.12. The Bertz CT molecular complexity index is 814. The van der Waals surface area contributed by atoms with Gasteiger partial charge in [0.05, 0.1) is 22.8 Å². The number of rotatable bonds is 3. The number of carboxylic acids is 1. The molecular formula is C14H14N4O3. The molecule has 108 valence electrons. The van der Waals surface area contributed by atoms with Gasteiger partial charge in [0.25, 0.3) is 0 Å². The third kappa shape index (κ3) is 2.06. The van der Waals surface area contributed by atoms with Crippen molar-refractivity contribution in [2.45, 2.75) is 26.8 Å². The van der Waals surface area contributed by atoms with Crippen LogP contribution in [0.25, 0.3) is 11.0 Å². The van der Waals surface area contributed by atoms with E-state index >= 15 is 0 Å². The number of benzene rings is 1. The second-order valence-corrected chi connectivity index (χ2v) is 4.96. The number of nitrogens with zero attached hydrogens (tertiary/aromatic N) is 4. The number of aromatic nitrogens is 4. The number of fused-ring (bicyclic) bond motifs is 1. The molecule has 21 heavy (non-hydrogen) atoms. The molecule has 0 saturated heterocycles. The van der Waals surface area contributed by atoms with Crippen LogP contribution in [0.4, 0.5) is 0 Å². The van der Waals surface area contributed by atoms with Crippen LogP contribution in [-0.4, -0.2) is 31.2 Å². The Morgan fingerprint density at radius 1 is 1.38 bits per heavy atom. The number of aryl methyl sites for hydroxylation is 2. The highest BCUT2D eigenvalue weighted by atomic mass is 16.5. The molecule has 1 atom stereocenters. The third-order valence-electron chi connectivity index (χ3n) is 3.59. The molecule has 0 spiro atoms. The molecule has 0 radical (unpaired) electrons. The van der Waals surface area contributed by atoms with Crippen LogP contribution in [0.1, 0.15) is 40.3 Å². The SMILES string of the molecule is Cc1noc(C)c1C(C)n1nnc2ccc(C(=O)O)cc21. The van der Waals surface area contributed by atoms with E-state index in [0.29, 0.717) is 11.0 Å². The predicted octanol–water partition coefficient (Wildman–Crippen LogP) is 2.34. The molecule has 7 heteroatoms. The number of hydrogen-bond donors (Lipinski definition) is 1.